The van der Waals surface area contributed by atoms with Crippen molar-refractivity contribution in [2.45, 2.75) is 40.3 Å². The van der Waals surface area contributed by atoms with Gasteiger partial charge in [-0.05, 0) is 56.5 Å². The van der Waals surface area contributed by atoms with Crippen molar-refractivity contribution in [1.29, 1.82) is 5.26 Å². The number of carbonyl (C=O) groups is 1. The van der Waals surface area contributed by atoms with Gasteiger partial charge in [0, 0.05) is 12.1 Å². The van der Waals surface area contributed by atoms with Crippen molar-refractivity contribution in [3.63, 3.8) is 0 Å². The Morgan fingerprint density at radius 1 is 1.31 bits per heavy atom. The molecule has 1 aromatic heterocycles. The number of halogens is 1. The lowest BCUT2D eigenvalue weighted by Crippen LogP contribution is -2.31. The summed E-state index contributed by atoms with van der Waals surface area (Å²) < 4.78 is 11.7. The Kier molecular flexibility index (Phi) is 7.07. The number of methoxy groups -OCH3 is 1. The summed E-state index contributed by atoms with van der Waals surface area (Å²) in [6.07, 6.45) is -0.973. The minimum Gasteiger partial charge on any atom is -0.494 e. The number of hydrogen-bond donors (Lipinski definition) is 1. The minimum atomic E-state index is -0.973. The highest BCUT2D eigenvalue weighted by Crippen LogP contribution is 2.28. The lowest BCUT2D eigenvalue weighted by atomic mass is 9.99. The Morgan fingerprint density at radius 2 is 1.90 bits per heavy atom. The van der Waals surface area contributed by atoms with Crippen LogP contribution in [-0.4, -0.2) is 35.3 Å². The first-order valence-electron chi connectivity index (χ1n) is 8.97. The molecular formula is C21H23ClN2O5. The maximum atomic E-state index is 13.1. The third-order valence-electron chi connectivity index (χ3n) is 4.66. The maximum Gasteiger partial charge on any atom is 0.271 e. The zero-order chi connectivity index (χ0) is 21.9. The monoisotopic (exact) mass is 418 g/mol. The van der Waals surface area contributed by atoms with Crippen LogP contribution in [0.5, 0.6) is 11.6 Å². The second kappa shape index (κ2) is 9.12. The summed E-state index contributed by atoms with van der Waals surface area (Å²) in [6, 6.07) is 5.25. The van der Waals surface area contributed by atoms with Crippen LogP contribution in [0.3, 0.4) is 0 Å². The molecule has 2 aromatic rings. The smallest absolute Gasteiger partial charge is 0.271 e. The number of ether oxygens (including phenoxy) is 2. The van der Waals surface area contributed by atoms with Crippen LogP contribution in [0, 0.1) is 32.1 Å². The largest absolute Gasteiger partial charge is 0.494 e. The molecule has 154 valence electrons. The van der Waals surface area contributed by atoms with Gasteiger partial charge in [-0.1, -0.05) is 11.6 Å². The van der Waals surface area contributed by atoms with Crippen LogP contribution in [0.4, 0.5) is 0 Å². The van der Waals surface area contributed by atoms with Gasteiger partial charge in [-0.2, -0.15) is 5.26 Å². The molecule has 0 aliphatic heterocycles. The number of nitriles is 1. The SMILES string of the molecule is COCCn1c(O)c(C(=O)C(C)Oc2cc(C)c(Cl)c(C)c2)c(C)c(C#N)c1=O. The molecule has 0 aliphatic rings. The van der Waals surface area contributed by atoms with Crippen molar-refractivity contribution in [2.24, 2.45) is 0 Å². The van der Waals surface area contributed by atoms with Crippen molar-refractivity contribution in [3.8, 4) is 17.7 Å². The molecule has 0 amide bonds. The van der Waals surface area contributed by atoms with Gasteiger partial charge in [0.15, 0.2) is 6.10 Å². The fraction of sp³-hybridized carbons (Fsp3) is 0.381. The fourth-order valence-corrected chi connectivity index (χ4v) is 3.18. The van der Waals surface area contributed by atoms with E-state index >= 15 is 0 Å². The van der Waals surface area contributed by atoms with E-state index in [0.29, 0.717) is 10.8 Å². The average Bonchev–Trinajstić information content (AvgIpc) is 2.66. The number of ketones is 1. The van der Waals surface area contributed by atoms with Gasteiger partial charge in [0.1, 0.15) is 17.4 Å². The lowest BCUT2D eigenvalue weighted by Gasteiger charge is -2.19. The summed E-state index contributed by atoms with van der Waals surface area (Å²) in [7, 11) is 1.44. The van der Waals surface area contributed by atoms with E-state index in [4.69, 9.17) is 21.1 Å². The summed E-state index contributed by atoms with van der Waals surface area (Å²) in [5.41, 5.74) is 0.737. The number of aromatic nitrogens is 1. The second-order valence-corrected chi connectivity index (χ2v) is 7.13. The molecule has 0 aliphatic carbocycles. The first kappa shape index (κ1) is 22.5. The molecule has 1 unspecified atom stereocenters. The van der Waals surface area contributed by atoms with E-state index in [-0.39, 0.29) is 29.8 Å². The molecule has 0 saturated heterocycles. The molecule has 1 N–H and O–H groups in total. The number of aromatic hydroxyl groups is 1. The third-order valence-corrected chi connectivity index (χ3v) is 5.25. The predicted octanol–water partition coefficient (Wildman–Crippen LogP) is 3.30. The topological polar surface area (TPSA) is 102 Å². The van der Waals surface area contributed by atoms with Gasteiger partial charge in [-0.3, -0.25) is 14.2 Å². The molecule has 7 nitrogen and oxygen atoms in total. The number of rotatable bonds is 7. The van der Waals surface area contributed by atoms with Crippen LogP contribution in [0.2, 0.25) is 5.02 Å². The number of benzene rings is 1. The molecule has 8 heteroatoms. The zero-order valence-electron chi connectivity index (χ0n) is 17.0. The number of hydrogen-bond acceptors (Lipinski definition) is 6. The van der Waals surface area contributed by atoms with Gasteiger partial charge >= 0.3 is 0 Å². The average molecular weight is 419 g/mol. The van der Waals surface area contributed by atoms with Crippen LogP contribution in [0.25, 0.3) is 0 Å². The van der Waals surface area contributed by atoms with E-state index in [1.54, 1.807) is 12.1 Å². The van der Waals surface area contributed by atoms with Gasteiger partial charge in [0.25, 0.3) is 5.56 Å². The molecule has 1 atom stereocenters. The van der Waals surface area contributed by atoms with E-state index < -0.39 is 23.3 Å². The van der Waals surface area contributed by atoms with Gasteiger partial charge in [-0.25, -0.2) is 0 Å². The first-order valence-corrected chi connectivity index (χ1v) is 9.34. The quantitative estimate of drug-likeness (QED) is 0.692. The van der Waals surface area contributed by atoms with E-state index in [0.717, 1.165) is 15.7 Å². The number of pyridine rings is 1. The number of aryl methyl sites for hydroxylation is 2. The van der Waals surface area contributed by atoms with E-state index in [1.165, 1.54) is 21.0 Å². The number of Topliss-reactive ketones (excluding diaryl/α,β-unsaturated/α-hetero) is 1. The summed E-state index contributed by atoms with van der Waals surface area (Å²) in [5.74, 6) is -0.601. The highest BCUT2D eigenvalue weighted by atomic mass is 35.5. The van der Waals surface area contributed by atoms with E-state index in [2.05, 4.69) is 0 Å². The van der Waals surface area contributed by atoms with Crippen LogP contribution < -0.4 is 10.3 Å². The van der Waals surface area contributed by atoms with Crippen LogP contribution in [-0.2, 0) is 11.3 Å². The molecule has 0 bridgehead atoms. The van der Waals surface area contributed by atoms with Crippen LogP contribution in [0.15, 0.2) is 16.9 Å². The lowest BCUT2D eigenvalue weighted by molar-refractivity contribution is 0.0811. The molecule has 0 fully saturated rings. The highest BCUT2D eigenvalue weighted by molar-refractivity contribution is 6.32. The van der Waals surface area contributed by atoms with Crippen molar-refractivity contribution >= 4 is 17.4 Å². The molecule has 29 heavy (non-hydrogen) atoms. The Balaban J connectivity index is 2.49. The molecule has 2 rings (SSSR count). The number of nitrogens with zero attached hydrogens (tertiary/aromatic N) is 2. The van der Waals surface area contributed by atoms with Crippen molar-refractivity contribution in [2.75, 3.05) is 13.7 Å². The highest BCUT2D eigenvalue weighted by Gasteiger charge is 2.28. The maximum absolute atomic E-state index is 13.1. The van der Waals surface area contributed by atoms with E-state index in [9.17, 15) is 20.0 Å². The predicted molar refractivity (Wildman–Crippen MR) is 109 cm³/mol. The van der Waals surface area contributed by atoms with Crippen LogP contribution >= 0.6 is 11.6 Å². The summed E-state index contributed by atoms with van der Waals surface area (Å²) in [6.45, 7) is 6.78. The Labute approximate surface area is 174 Å². The van der Waals surface area contributed by atoms with Crippen molar-refractivity contribution in [3.05, 3.63) is 55.3 Å². The van der Waals surface area contributed by atoms with E-state index in [1.807, 2.05) is 19.9 Å². The summed E-state index contributed by atoms with van der Waals surface area (Å²) in [5, 5.41) is 20.6. The van der Waals surface area contributed by atoms with Gasteiger partial charge in [0.2, 0.25) is 11.7 Å². The van der Waals surface area contributed by atoms with Gasteiger partial charge in [-0.15, -0.1) is 0 Å². The first-order chi connectivity index (χ1) is 13.6. The standard InChI is InChI=1S/C21H23ClN2O5/c1-11-8-15(9-12(2)18(11)22)29-14(4)19(25)17-13(3)16(10-23)20(26)24(21(17)27)6-7-28-5/h8-9,14,27H,6-7H2,1-5H3. The Morgan fingerprint density at radius 3 is 2.41 bits per heavy atom. The molecule has 0 spiro atoms. The third kappa shape index (κ3) is 4.44. The number of carbonyl (C=O) groups excluding carboxylic acids is 1. The Hall–Kier alpha value is -2.82. The fourth-order valence-electron chi connectivity index (χ4n) is 3.07. The zero-order valence-corrected chi connectivity index (χ0v) is 17.8. The van der Waals surface area contributed by atoms with Crippen molar-refractivity contribution in [1.82, 2.24) is 4.57 Å². The molecule has 0 saturated carbocycles. The molecule has 1 aromatic carbocycles. The summed E-state index contributed by atoms with van der Waals surface area (Å²) >= 11 is 6.16. The normalized spacial score (nSPS) is 11.8. The van der Waals surface area contributed by atoms with Crippen molar-refractivity contribution < 1.29 is 19.4 Å². The molecule has 1 heterocycles. The molecule has 0 radical (unpaired) electrons. The van der Waals surface area contributed by atoms with Gasteiger partial charge < -0.3 is 14.6 Å². The Bertz CT molecular complexity index is 1030. The molecular weight excluding hydrogens is 396 g/mol. The van der Waals surface area contributed by atoms with Crippen LogP contribution in [0.1, 0.15) is 39.5 Å². The second-order valence-electron chi connectivity index (χ2n) is 6.76. The minimum absolute atomic E-state index is 0.00121. The van der Waals surface area contributed by atoms with Gasteiger partial charge in [0.05, 0.1) is 18.7 Å². The summed E-state index contributed by atoms with van der Waals surface area (Å²) in [4.78, 5) is 25.5.